The van der Waals surface area contributed by atoms with Crippen molar-refractivity contribution in [2.75, 3.05) is 0 Å². The second-order valence-corrected chi connectivity index (χ2v) is 2.11. The van der Waals surface area contributed by atoms with Gasteiger partial charge in [-0.15, -0.1) is 0 Å². The molecule has 0 atom stereocenters. The lowest BCUT2D eigenvalue weighted by Crippen LogP contribution is -1.74. The summed E-state index contributed by atoms with van der Waals surface area (Å²) in [5, 5.41) is 0. The second kappa shape index (κ2) is 12.2. The van der Waals surface area contributed by atoms with E-state index >= 15 is 0 Å². The van der Waals surface area contributed by atoms with Gasteiger partial charge in [-0.05, 0) is 20.3 Å². The van der Waals surface area contributed by atoms with Gasteiger partial charge in [0.1, 0.15) is 0 Å². The molecule has 0 aliphatic heterocycles. The molecule has 0 N–H and O–H groups in total. The second-order valence-electron chi connectivity index (χ2n) is 2.11. The summed E-state index contributed by atoms with van der Waals surface area (Å²) in [4.78, 5) is 0. The summed E-state index contributed by atoms with van der Waals surface area (Å²) in [6.45, 7) is 10.3. The molecule has 0 aromatic carbocycles. The van der Waals surface area contributed by atoms with Gasteiger partial charge in [0.05, 0.1) is 0 Å². The van der Waals surface area contributed by atoms with Crippen molar-refractivity contribution >= 4 is 0 Å². The molecule has 0 amide bonds. The highest BCUT2D eigenvalue weighted by atomic mass is 13.9. The van der Waals surface area contributed by atoms with Crippen molar-refractivity contribution in [3.05, 3.63) is 23.8 Å². The summed E-state index contributed by atoms with van der Waals surface area (Å²) < 4.78 is 0. The van der Waals surface area contributed by atoms with Gasteiger partial charge >= 0.3 is 0 Å². The molecule has 0 heteroatoms. The first-order chi connectivity index (χ1) is 5.35. The third kappa shape index (κ3) is 9.48. The zero-order valence-electron chi connectivity index (χ0n) is 8.65. The molecule has 11 heavy (non-hydrogen) atoms. The molecule has 0 unspecified atom stereocenters. The molecule has 0 radical (unpaired) electrons. The van der Waals surface area contributed by atoms with Gasteiger partial charge in [0.15, 0.2) is 0 Å². The Morgan fingerprint density at radius 1 is 1.18 bits per heavy atom. The normalized spacial score (nSPS) is 11.2. The molecule has 0 fully saturated rings. The molecule has 0 aliphatic rings. The van der Waals surface area contributed by atoms with Crippen LogP contribution in [0.3, 0.4) is 0 Å². The van der Waals surface area contributed by atoms with Crippen LogP contribution >= 0.6 is 0 Å². The predicted octanol–water partition coefficient (Wildman–Crippen LogP) is 4.34. The fourth-order valence-corrected chi connectivity index (χ4v) is 0.827. The van der Waals surface area contributed by atoms with Crippen molar-refractivity contribution < 1.29 is 0 Å². The summed E-state index contributed by atoms with van der Waals surface area (Å²) in [6, 6.07) is 0. The molecule has 0 aromatic heterocycles. The first-order valence-electron chi connectivity index (χ1n) is 4.63. The van der Waals surface area contributed by atoms with Crippen LogP contribution in [-0.2, 0) is 0 Å². The fourth-order valence-electron chi connectivity index (χ4n) is 0.827. The van der Waals surface area contributed by atoms with Crippen LogP contribution in [0.25, 0.3) is 0 Å². The molecule has 0 aromatic rings. The molecule has 0 spiro atoms. The molecule has 0 saturated heterocycles. The highest BCUT2D eigenvalue weighted by Gasteiger charge is 1.84. The molecular weight excluding hydrogens is 132 g/mol. The van der Waals surface area contributed by atoms with Gasteiger partial charge in [-0.25, -0.2) is 0 Å². The molecular formula is C11H22. The van der Waals surface area contributed by atoms with E-state index in [9.17, 15) is 0 Å². The number of hydrogen-bond donors (Lipinski definition) is 0. The number of allylic oxidation sites excluding steroid dienone is 4. The van der Waals surface area contributed by atoms with E-state index in [1.807, 2.05) is 13.8 Å². The molecule has 0 nitrogen and oxygen atoms in total. The highest BCUT2D eigenvalue weighted by Crippen LogP contribution is 2.04. The minimum Gasteiger partial charge on any atom is -0.0874 e. The quantitative estimate of drug-likeness (QED) is 0.531. The van der Waals surface area contributed by atoms with E-state index in [-0.39, 0.29) is 0 Å². The third-order valence-electron chi connectivity index (χ3n) is 1.29. The summed E-state index contributed by atoms with van der Waals surface area (Å²) in [5.74, 6) is 0. The fraction of sp³-hybridized carbons (Fsp3) is 0.636. The van der Waals surface area contributed by atoms with Gasteiger partial charge in [-0.1, -0.05) is 51.0 Å². The highest BCUT2D eigenvalue weighted by molar-refractivity contribution is 5.16. The Kier molecular flexibility index (Phi) is 14.5. The van der Waals surface area contributed by atoms with Gasteiger partial charge < -0.3 is 0 Å². The van der Waals surface area contributed by atoms with Gasteiger partial charge in [-0.3, -0.25) is 0 Å². The van der Waals surface area contributed by atoms with Crippen molar-refractivity contribution in [1.82, 2.24) is 0 Å². The van der Waals surface area contributed by atoms with Gasteiger partial charge in [0.25, 0.3) is 0 Å². The van der Waals surface area contributed by atoms with Crippen LogP contribution in [-0.4, -0.2) is 0 Å². The van der Waals surface area contributed by atoms with Gasteiger partial charge in [0.2, 0.25) is 0 Å². The monoisotopic (exact) mass is 154 g/mol. The Labute approximate surface area is 72.0 Å². The summed E-state index contributed by atoms with van der Waals surface area (Å²) >= 11 is 0. The first-order valence-corrected chi connectivity index (χ1v) is 4.63. The predicted molar refractivity (Wildman–Crippen MR) is 54.8 cm³/mol. The van der Waals surface area contributed by atoms with Crippen molar-refractivity contribution in [3.63, 3.8) is 0 Å². The van der Waals surface area contributed by atoms with E-state index in [1.54, 1.807) is 0 Å². The van der Waals surface area contributed by atoms with Crippen LogP contribution in [0.1, 0.15) is 47.5 Å². The maximum atomic E-state index is 2.20. The molecule has 0 aliphatic carbocycles. The van der Waals surface area contributed by atoms with Crippen molar-refractivity contribution in [3.8, 4) is 0 Å². The number of hydrogen-bond acceptors (Lipinski definition) is 0. The van der Waals surface area contributed by atoms with Crippen LogP contribution in [0.15, 0.2) is 23.8 Å². The van der Waals surface area contributed by atoms with Crippen molar-refractivity contribution in [2.45, 2.75) is 47.5 Å². The van der Waals surface area contributed by atoms with Crippen molar-refractivity contribution in [2.24, 2.45) is 0 Å². The van der Waals surface area contributed by atoms with Crippen LogP contribution in [0, 0.1) is 0 Å². The Morgan fingerprint density at radius 2 is 1.73 bits per heavy atom. The third-order valence-corrected chi connectivity index (χ3v) is 1.29. The Hall–Kier alpha value is -0.520. The standard InChI is InChI=1S/C9H16.C2H6/c1-4-7-9(6-3)8-5-2;1-2/h4,6-7H,5,8H2,1-3H3;1-2H3/b7-4-,9-6+;. The smallest absolute Gasteiger partial charge is 0.0285 e. The van der Waals surface area contributed by atoms with Gasteiger partial charge in [0, 0.05) is 0 Å². The van der Waals surface area contributed by atoms with Crippen LogP contribution in [0.5, 0.6) is 0 Å². The van der Waals surface area contributed by atoms with Gasteiger partial charge in [-0.2, -0.15) is 0 Å². The number of rotatable bonds is 3. The molecule has 0 heterocycles. The largest absolute Gasteiger partial charge is 0.0874 e. The van der Waals surface area contributed by atoms with Crippen molar-refractivity contribution in [1.29, 1.82) is 0 Å². The maximum Gasteiger partial charge on any atom is -0.0285 e. The maximum absolute atomic E-state index is 2.20. The lowest BCUT2D eigenvalue weighted by Gasteiger charge is -1.94. The Balaban J connectivity index is 0. The molecule has 0 rings (SSSR count). The van der Waals surface area contributed by atoms with E-state index in [0.717, 1.165) is 0 Å². The van der Waals surface area contributed by atoms with Crippen LogP contribution in [0.2, 0.25) is 0 Å². The van der Waals surface area contributed by atoms with E-state index in [0.29, 0.717) is 0 Å². The summed E-state index contributed by atoms with van der Waals surface area (Å²) in [7, 11) is 0. The lowest BCUT2D eigenvalue weighted by atomic mass is 10.1. The minimum atomic E-state index is 1.21. The van der Waals surface area contributed by atoms with Crippen LogP contribution < -0.4 is 0 Å². The minimum absolute atomic E-state index is 1.21. The molecule has 66 valence electrons. The first kappa shape index (κ1) is 13.1. The van der Waals surface area contributed by atoms with E-state index < -0.39 is 0 Å². The summed E-state index contributed by atoms with van der Waals surface area (Å²) in [6.07, 6.45) is 8.88. The molecule has 0 bridgehead atoms. The average molecular weight is 154 g/mol. The Morgan fingerprint density at radius 3 is 2.00 bits per heavy atom. The average Bonchev–Trinajstić information content (AvgIpc) is 2.08. The van der Waals surface area contributed by atoms with E-state index in [4.69, 9.17) is 0 Å². The molecule has 0 saturated carbocycles. The van der Waals surface area contributed by atoms with Crippen LogP contribution in [0.4, 0.5) is 0 Å². The van der Waals surface area contributed by atoms with E-state index in [1.165, 1.54) is 18.4 Å². The SMILES string of the molecule is C/C=C\C(=C/C)CCC.CC. The zero-order chi connectivity index (χ0) is 9.11. The lowest BCUT2D eigenvalue weighted by molar-refractivity contribution is 0.924. The topological polar surface area (TPSA) is 0 Å². The van der Waals surface area contributed by atoms with E-state index in [2.05, 4.69) is 39.0 Å². The Bertz CT molecular complexity index is 107. The zero-order valence-corrected chi connectivity index (χ0v) is 8.65. The summed E-state index contributed by atoms with van der Waals surface area (Å²) in [5.41, 5.74) is 1.44.